The molecule has 0 unspecified atom stereocenters. The molecule has 1 aromatic carbocycles. The fourth-order valence-corrected chi connectivity index (χ4v) is 2.33. The van der Waals surface area contributed by atoms with Crippen molar-refractivity contribution in [1.29, 1.82) is 0 Å². The second-order valence-electron chi connectivity index (χ2n) is 4.95. The number of rotatable bonds is 5. The molecule has 0 spiro atoms. The van der Waals surface area contributed by atoms with Crippen LogP contribution in [0.3, 0.4) is 0 Å². The van der Waals surface area contributed by atoms with Gasteiger partial charge in [-0.25, -0.2) is 4.79 Å². The predicted octanol–water partition coefficient (Wildman–Crippen LogP) is 2.12. The zero-order valence-electron chi connectivity index (χ0n) is 11.2. The molecule has 5 heteroatoms. The number of benzene rings is 1. The van der Waals surface area contributed by atoms with Crippen molar-refractivity contribution in [2.45, 2.75) is 18.9 Å². The summed E-state index contributed by atoms with van der Waals surface area (Å²) in [5.41, 5.74) is 1.14. The maximum absolute atomic E-state index is 11.7. The molecule has 2 amide bonds. The number of nitrogens with one attached hydrogen (secondary N) is 2. The Morgan fingerprint density at radius 1 is 1.30 bits per heavy atom. The molecule has 0 saturated carbocycles. The number of aliphatic hydroxyl groups excluding tert-OH is 1. The van der Waals surface area contributed by atoms with Crippen LogP contribution in [0.1, 0.15) is 12.0 Å². The molecule has 1 aliphatic carbocycles. The molecule has 0 bridgehead atoms. The number of halogens is 1. The van der Waals surface area contributed by atoms with Crippen LogP contribution in [0.4, 0.5) is 4.79 Å². The van der Waals surface area contributed by atoms with Crippen molar-refractivity contribution in [3.05, 3.63) is 47.0 Å². The van der Waals surface area contributed by atoms with Gasteiger partial charge in [-0.1, -0.05) is 35.9 Å². The highest BCUT2D eigenvalue weighted by Gasteiger charge is 2.19. The van der Waals surface area contributed by atoms with Crippen LogP contribution >= 0.6 is 11.6 Å². The van der Waals surface area contributed by atoms with E-state index in [1.54, 1.807) is 0 Å². The van der Waals surface area contributed by atoms with Crippen molar-refractivity contribution in [1.82, 2.24) is 10.6 Å². The van der Waals surface area contributed by atoms with Gasteiger partial charge >= 0.3 is 6.03 Å². The minimum atomic E-state index is -0.174. The summed E-state index contributed by atoms with van der Waals surface area (Å²) in [6.07, 6.45) is 5.41. The van der Waals surface area contributed by atoms with E-state index in [2.05, 4.69) is 10.6 Å². The molecule has 0 fully saturated rings. The van der Waals surface area contributed by atoms with Crippen molar-refractivity contribution >= 4 is 17.6 Å². The van der Waals surface area contributed by atoms with E-state index in [9.17, 15) is 4.79 Å². The van der Waals surface area contributed by atoms with Gasteiger partial charge in [0.25, 0.3) is 0 Å². The Bertz CT molecular complexity index is 473. The van der Waals surface area contributed by atoms with Crippen molar-refractivity contribution in [3.63, 3.8) is 0 Å². The lowest BCUT2D eigenvalue weighted by Crippen LogP contribution is -2.41. The van der Waals surface area contributed by atoms with Gasteiger partial charge in [0.05, 0.1) is 0 Å². The predicted molar refractivity (Wildman–Crippen MR) is 79.8 cm³/mol. The minimum Gasteiger partial charge on any atom is -0.396 e. The van der Waals surface area contributed by atoms with Crippen molar-refractivity contribution in [3.8, 4) is 0 Å². The summed E-state index contributed by atoms with van der Waals surface area (Å²) in [7, 11) is 0. The summed E-state index contributed by atoms with van der Waals surface area (Å²) >= 11 is 5.81. The van der Waals surface area contributed by atoms with Crippen LogP contribution < -0.4 is 10.6 Å². The van der Waals surface area contributed by atoms with Gasteiger partial charge in [-0.3, -0.25) is 0 Å². The molecular weight excluding hydrogens is 276 g/mol. The van der Waals surface area contributed by atoms with Crippen molar-refractivity contribution in [2.75, 3.05) is 13.2 Å². The van der Waals surface area contributed by atoms with E-state index in [4.69, 9.17) is 16.7 Å². The standard InChI is InChI=1S/C15H19ClN2O2/c16-13-4-1-11(2-5-13)7-8-17-15(20)18-14-6-3-12(9-14)10-19/h1-6,12,14,19H,7-10H2,(H2,17,18,20)/t12-,14+/m0/s1. The van der Waals surface area contributed by atoms with Gasteiger partial charge in [-0.15, -0.1) is 0 Å². The first-order chi connectivity index (χ1) is 9.67. The topological polar surface area (TPSA) is 61.4 Å². The molecule has 1 aromatic rings. The van der Waals surface area contributed by atoms with E-state index in [1.165, 1.54) is 0 Å². The third-order valence-electron chi connectivity index (χ3n) is 3.34. The van der Waals surface area contributed by atoms with Gasteiger partial charge in [0, 0.05) is 30.1 Å². The van der Waals surface area contributed by atoms with Crippen LogP contribution in [0.25, 0.3) is 0 Å². The zero-order valence-corrected chi connectivity index (χ0v) is 11.9. The lowest BCUT2D eigenvalue weighted by Gasteiger charge is -2.13. The molecule has 0 aromatic heterocycles. The third-order valence-corrected chi connectivity index (χ3v) is 3.59. The second kappa shape index (κ2) is 7.31. The fraction of sp³-hybridized carbons (Fsp3) is 0.400. The van der Waals surface area contributed by atoms with Gasteiger partial charge in [0.15, 0.2) is 0 Å². The maximum atomic E-state index is 11.7. The average molecular weight is 295 g/mol. The van der Waals surface area contributed by atoms with Crippen LogP contribution in [-0.2, 0) is 6.42 Å². The van der Waals surface area contributed by atoms with E-state index in [-0.39, 0.29) is 24.6 Å². The first kappa shape index (κ1) is 14.9. The van der Waals surface area contributed by atoms with Gasteiger partial charge in [-0.2, -0.15) is 0 Å². The Morgan fingerprint density at radius 3 is 2.70 bits per heavy atom. The Hall–Kier alpha value is -1.52. The van der Waals surface area contributed by atoms with E-state index in [0.717, 1.165) is 18.4 Å². The molecule has 0 radical (unpaired) electrons. The maximum Gasteiger partial charge on any atom is 0.315 e. The highest BCUT2D eigenvalue weighted by atomic mass is 35.5. The van der Waals surface area contributed by atoms with Crippen molar-refractivity contribution < 1.29 is 9.90 Å². The largest absolute Gasteiger partial charge is 0.396 e. The molecule has 0 aliphatic heterocycles. The first-order valence-corrected chi connectivity index (χ1v) is 7.13. The summed E-state index contributed by atoms with van der Waals surface area (Å²) in [4.78, 5) is 11.7. The fourth-order valence-electron chi connectivity index (χ4n) is 2.21. The zero-order chi connectivity index (χ0) is 14.4. The van der Waals surface area contributed by atoms with Gasteiger partial charge in [0.1, 0.15) is 0 Å². The molecule has 2 atom stereocenters. The third kappa shape index (κ3) is 4.54. The minimum absolute atomic E-state index is 0.0164. The summed E-state index contributed by atoms with van der Waals surface area (Å²) in [6, 6.07) is 7.43. The molecular formula is C15H19ClN2O2. The lowest BCUT2D eigenvalue weighted by molar-refractivity contribution is 0.231. The van der Waals surface area contributed by atoms with Crippen LogP contribution in [0, 0.1) is 5.92 Å². The van der Waals surface area contributed by atoms with Gasteiger partial charge in [-0.05, 0) is 30.5 Å². The van der Waals surface area contributed by atoms with Gasteiger partial charge < -0.3 is 15.7 Å². The van der Waals surface area contributed by atoms with Crippen LogP contribution in [0.2, 0.25) is 5.02 Å². The van der Waals surface area contributed by atoms with Crippen LogP contribution in [-0.4, -0.2) is 30.3 Å². The second-order valence-corrected chi connectivity index (χ2v) is 5.38. The summed E-state index contributed by atoms with van der Waals surface area (Å²) in [5, 5.41) is 15.4. The molecule has 2 rings (SSSR count). The number of hydrogen-bond donors (Lipinski definition) is 3. The number of carbonyl (C=O) groups is 1. The van der Waals surface area contributed by atoms with Crippen molar-refractivity contribution in [2.24, 2.45) is 5.92 Å². The van der Waals surface area contributed by atoms with E-state index in [1.807, 2.05) is 36.4 Å². The number of urea groups is 1. The average Bonchev–Trinajstić information content (AvgIpc) is 2.88. The normalized spacial score (nSPS) is 20.9. The Labute approximate surface area is 123 Å². The molecule has 3 N–H and O–H groups in total. The summed E-state index contributed by atoms with van der Waals surface area (Å²) in [5.74, 6) is 0.161. The van der Waals surface area contributed by atoms with Crippen LogP contribution in [0.5, 0.6) is 0 Å². The summed E-state index contributed by atoms with van der Waals surface area (Å²) < 4.78 is 0. The molecule has 20 heavy (non-hydrogen) atoms. The molecule has 108 valence electrons. The first-order valence-electron chi connectivity index (χ1n) is 6.75. The number of aliphatic hydroxyl groups is 1. The quantitative estimate of drug-likeness (QED) is 0.729. The smallest absolute Gasteiger partial charge is 0.315 e. The Balaban J connectivity index is 1.66. The molecule has 0 heterocycles. The molecule has 0 saturated heterocycles. The number of amides is 2. The SMILES string of the molecule is O=C(NCCc1ccc(Cl)cc1)N[C@@H]1C=C[C@H](CO)C1. The van der Waals surface area contributed by atoms with Crippen LogP contribution in [0.15, 0.2) is 36.4 Å². The molecule has 1 aliphatic rings. The highest BCUT2D eigenvalue weighted by molar-refractivity contribution is 6.30. The monoisotopic (exact) mass is 294 g/mol. The van der Waals surface area contributed by atoms with Gasteiger partial charge in [0.2, 0.25) is 0 Å². The number of carbonyl (C=O) groups excluding carboxylic acids is 1. The van der Waals surface area contributed by atoms with E-state index < -0.39 is 0 Å². The molecule has 4 nitrogen and oxygen atoms in total. The van der Waals surface area contributed by atoms with E-state index >= 15 is 0 Å². The van der Waals surface area contributed by atoms with E-state index in [0.29, 0.717) is 11.6 Å². The highest BCUT2D eigenvalue weighted by Crippen LogP contribution is 2.16. The Morgan fingerprint density at radius 2 is 2.05 bits per heavy atom. The number of hydrogen-bond acceptors (Lipinski definition) is 2. The lowest BCUT2D eigenvalue weighted by atomic mass is 10.1. The summed E-state index contributed by atoms with van der Waals surface area (Å²) in [6.45, 7) is 0.709. The Kier molecular flexibility index (Phi) is 5.44.